The van der Waals surface area contributed by atoms with Gasteiger partial charge >= 0.3 is 0 Å². The van der Waals surface area contributed by atoms with Gasteiger partial charge in [-0.2, -0.15) is 0 Å². The normalized spacial score (nSPS) is 14.9. The summed E-state index contributed by atoms with van der Waals surface area (Å²) in [5.74, 6) is 1.86. The van der Waals surface area contributed by atoms with Crippen molar-refractivity contribution in [3.05, 3.63) is 35.8 Å². The summed E-state index contributed by atoms with van der Waals surface area (Å²) >= 11 is 0. The minimum atomic E-state index is -0.120. The predicted octanol–water partition coefficient (Wildman–Crippen LogP) is 2.98. The third kappa shape index (κ3) is 4.73. The zero-order valence-electron chi connectivity index (χ0n) is 19.1. The van der Waals surface area contributed by atoms with Crippen molar-refractivity contribution in [3.8, 4) is 5.88 Å². The average molecular weight is 438 g/mol. The van der Waals surface area contributed by atoms with Crippen LogP contribution in [-0.2, 0) is 13.0 Å². The SMILES string of the molecule is CCOc1nc2c(cc1Nc1ncc3ccnc(NC(CO)C(C)C)c3n1)CN(C)CC2. The number of anilines is 3. The molecule has 0 bridgehead atoms. The summed E-state index contributed by atoms with van der Waals surface area (Å²) in [5, 5.41) is 17.2. The molecule has 0 aromatic carbocycles. The number of hydrogen-bond donors (Lipinski definition) is 3. The molecule has 0 radical (unpaired) electrons. The number of hydrogen-bond acceptors (Lipinski definition) is 9. The van der Waals surface area contributed by atoms with E-state index in [9.17, 15) is 5.11 Å². The lowest BCUT2D eigenvalue weighted by molar-refractivity contribution is 0.249. The maximum absolute atomic E-state index is 9.72. The van der Waals surface area contributed by atoms with Crippen molar-refractivity contribution in [2.45, 2.75) is 39.8 Å². The minimum absolute atomic E-state index is 0.0128. The molecule has 170 valence electrons. The minimum Gasteiger partial charge on any atom is -0.476 e. The van der Waals surface area contributed by atoms with Crippen LogP contribution in [0.1, 0.15) is 32.0 Å². The molecule has 9 nitrogen and oxygen atoms in total. The largest absolute Gasteiger partial charge is 0.476 e. The highest BCUT2D eigenvalue weighted by molar-refractivity contribution is 5.88. The van der Waals surface area contributed by atoms with Gasteiger partial charge < -0.3 is 25.4 Å². The number of likely N-dealkylation sites (N-methyl/N-ethyl adjacent to an activating group) is 1. The second kappa shape index (κ2) is 9.62. The molecule has 1 aliphatic rings. The molecule has 3 aromatic rings. The van der Waals surface area contributed by atoms with Crippen molar-refractivity contribution in [2.75, 3.05) is 37.4 Å². The Bertz CT molecular complexity index is 1090. The van der Waals surface area contributed by atoms with Gasteiger partial charge in [-0.05, 0) is 37.6 Å². The molecular formula is C23H31N7O2. The monoisotopic (exact) mass is 437 g/mol. The molecule has 1 unspecified atom stereocenters. The fourth-order valence-corrected chi connectivity index (χ4v) is 3.77. The first kappa shape index (κ1) is 22.2. The molecule has 3 aromatic heterocycles. The Balaban J connectivity index is 1.68. The summed E-state index contributed by atoms with van der Waals surface area (Å²) < 4.78 is 5.81. The number of nitrogens with zero attached hydrogens (tertiary/aromatic N) is 5. The summed E-state index contributed by atoms with van der Waals surface area (Å²) in [4.78, 5) is 20.7. The Morgan fingerprint density at radius 2 is 2.09 bits per heavy atom. The number of fused-ring (bicyclic) bond motifs is 2. The van der Waals surface area contributed by atoms with E-state index < -0.39 is 0 Å². The van der Waals surface area contributed by atoms with Gasteiger partial charge in [0, 0.05) is 37.3 Å². The quantitative estimate of drug-likeness (QED) is 0.490. The van der Waals surface area contributed by atoms with Crippen LogP contribution in [0.2, 0.25) is 0 Å². The van der Waals surface area contributed by atoms with E-state index in [4.69, 9.17) is 14.7 Å². The molecule has 0 saturated heterocycles. The van der Waals surface area contributed by atoms with E-state index in [1.807, 2.05) is 13.0 Å². The van der Waals surface area contributed by atoms with Crippen molar-refractivity contribution in [1.82, 2.24) is 24.8 Å². The van der Waals surface area contributed by atoms with Gasteiger partial charge in [0.2, 0.25) is 11.8 Å². The van der Waals surface area contributed by atoms with Crippen LogP contribution in [0.4, 0.5) is 17.5 Å². The Hall–Kier alpha value is -3.04. The topological polar surface area (TPSA) is 108 Å². The molecular weight excluding hydrogens is 406 g/mol. The van der Waals surface area contributed by atoms with Gasteiger partial charge in [0.15, 0.2) is 5.82 Å². The van der Waals surface area contributed by atoms with E-state index in [0.29, 0.717) is 29.8 Å². The molecule has 0 saturated carbocycles. The number of aromatic nitrogens is 4. The van der Waals surface area contributed by atoms with E-state index in [2.05, 4.69) is 52.5 Å². The van der Waals surface area contributed by atoms with Crippen LogP contribution in [0.25, 0.3) is 10.9 Å². The van der Waals surface area contributed by atoms with Crippen LogP contribution in [0.5, 0.6) is 5.88 Å². The fourth-order valence-electron chi connectivity index (χ4n) is 3.77. The Labute approximate surface area is 188 Å². The molecule has 0 aliphatic carbocycles. The molecule has 1 aliphatic heterocycles. The van der Waals surface area contributed by atoms with Gasteiger partial charge in [0.05, 0.1) is 24.9 Å². The molecule has 0 amide bonds. The molecule has 32 heavy (non-hydrogen) atoms. The number of aliphatic hydroxyl groups is 1. The highest BCUT2D eigenvalue weighted by atomic mass is 16.5. The zero-order valence-corrected chi connectivity index (χ0v) is 19.1. The van der Waals surface area contributed by atoms with E-state index >= 15 is 0 Å². The predicted molar refractivity (Wildman–Crippen MR) is 125 cm³/mol. The Kier molecular flexibility index (Phi) is 6.66. The van der Waals surface area contributed by atoms with Gasteiger partial charge in [-0.25, -0.2) is 19.9 Å². The van der Waals surface area contributed by atoms with E-state index in [1.54, 1.807) is 12.4 Å². The molecule has 1 atom stereocenters. The molecule has 0 fully saturated rings. The van der Waals surface area contributed by atoms with Crippen molar-refractivity contribution < 1.29 is 9.84 Å². The number of pyridine rings is 2. The third-order valence-corrected chi connectivity index (χ3v) is 5.68. The van der Waals surface area contributed by atoms with Crippen molar-refractivity contribution in [2.24, 2.45) is 5.92 Å². The molecule has 4 heterocycles. The van der Waals surface area contributed by atoms with Gasteiger partial charge in [-0.3, -0.25) is 0 Å². The third-order valence-electron chi connectivity index (χ3n) is 5.68. The maximum Gasteiger partial charge on any atom is 0.238 e. The second-order valence-corrected chi connectivity index (χ2v) is 8.46. The van der Waals surface area contributed by atoms with Crippen LogP contribution in [0.3, 0.4) is 0 Å². The molecule has 0 spiro atoms. The van der Waals surface area contributed by atoms with Gasteiger partial charge in [-0.15, -0.1) is 0 Å². The van der Waals surface area contributed by atoms with Gasteiger partial charge in [0.1, 0.15) is 11.2 Å². The lowest BCUT2D eigenvalue weighted by Gasteiger charge is -2.25. The van der Waals surface area contributed by atoms with E-state index in [-0.39, 0.29) is 18.6 Å². The summed E-state index contributed by atoms with van der Waals surface area (Å²) in [7, 11) is 2.11. The number of nitrogens with one attached hydrogen (secondary N) is 2. The molecule has 4 rings (SSSR count). The Morgan fingerprint density at radius 3 is 2.84 bits per heavy atom. The van der Waals surface area contributed by atoms with Crippen LogP contribution in [0.15, 0.2) is 24.5 Å². The second-order valence-electron chi connectivity index (χ2n) is 8.46. The van der Waals surface area contributed by atoms with Crippen LogP contribution in [0, 0.1) is 5.92 Å². The highest BCUT2D eigenvalue weighted by Gasteiger charge is 2.20. The highest BCUT2D eigenvalue weighted by Crippen LogP contribution is 2.31. The first-order valence-corrected chi connectivity index (χ1v) is 11.1. The van der Waals surface area contributed by atoms with E-state index in [1.165, 1.54) is 5.56 Å². The maximum atomic E-state index is 9.72. The average Bonchev–Trinajstić information content (AvgIpc) is 2.78. The summed E-state index contributed by atoms with van der Waals surface area (Å²) in [6.45, 7) is 8.42. The van der Waals surface area contributed by atoms with Crippen LogP contribution < -0.4 is 15.4 Å². The van der Waals surface area contributed by atoms with Crippen molar-refractivity contribution in [1.29, 1.82) is 0 Å². The van der Waals surface area contributed by atoms with Crippen molar-refractivity contribution >= 4 is 28.4 Å². The summed E-state index contributed by atoms with van der Waals surface area (Å²) in [6, 6.07) is 3.83. The number of aliphatic hydroxyl groups excluding tert-OH is 1. The lowest BCUT2D eigenvalue weighted by Crippen LogP contribution is -2.30. The Morgan fingerprint density at radius 1 is 1.25 bits per heavy atom. The number of rotatable bonds is 8. The van der Waals surface area contributed by atoms with Gasteiger partial charge in [-0.1, -0.05) is 13.8 Å². The first-order valence-electron chi connectivity index (χ1n) is 11.1. The molecule has 9 heteroatoms. The standard InChI is InChI=1S/C23H31N7O2/c1-5-32-22-18(10-16-12-30(4)9-7-17(16)27-22)28-23-25-11-15-6-8-24-21(20(15)29-23)26-19(13-31)14(2)3/h6,8,10-11,14,19,31H,5,7,9,12-13H2,1-4H3,(H,24,26)(H,25,28,29). The summed E-state index contributed by atoms with van der Waals surface area (Å²) in [5.41, 5.74) is 3.69. The first-order chi connectivity index (χ1) is 15.5. The zero-order chi connectivity index (χ0) is 22.7. The number of ether oxygens (including phenoxy) is 1. The van der Waals surface area contributed by atoms with Crippen LogP contribution >= 0.6 is 0 Å². The lowest BCUT2D eigenvalue weighted by atomic mass is 10.1. The van der Waals surface area contributed by atoms with Crippen molar-refractivity contribution in [3.63, 3.8) is 0 Å². The fraction of sp³-hybridized carbons (Fsp3) is 0.478. The van der Waals surface area contributed by atoms with Crippen LogP contribution in [-0.4, -0.2) is 62.8 Å². The van der Waals surface area contributed by atoms with E-state index in [0.717, 1.165) is 36.3 Å². The smallest absolute Gasteiger partial charge is 0.238 e. The molecule has 3 N–H and O–H groups in total. The van der Waals surface area contributed by atoms with Gasteiger partial charge in [0.25, 0.3) is 0 Å². The summed E-state index contributed by atoms with van der Waals surface area (Å²) in [6.07, 6.45) is 4.38.